The van der Waals surface area contributed by atoms with Crippen LogP contribution in [0.5, 0.6) is 0 Å². The summed E-state index contributed by atoms with van der Waals surface area (Å²) >= 11 is 0. The van der Waals surface area contributed by atoms with Gasteiger partial charge in [0.2, 0.25) is 29.4 Å². The van der Waals surface area contributed by atoms with Crippen LogP contribution in [0.1, 0.15) is 105 Å². The van der Waals surface area contributed by atoms with Gasteiger partial charge in [0, 0.05) is 25.4 Å². The number of rotatable bonds is 18. The molecule has 266 valence electrons. The fourth-order valence-corrected chi connectivity index (χ4v) is 6.97. The molecule has 0 bridgehead atoms. The Morgan fingerprint density at radius 3 is 2.29 bits per heavy atom. The standard InChI is InChI=1S/C34H54N8O6/c1-6-10-24(30(44)33(47)37-22-15-16-22)38-32(46)29-23-12-9-11-21(23)17-42(29)34(48)28(20(4)5)40-31(45)27(19(2)3)39-26(43)14-8-7-13-25-35-18-36-41-25/h18-24,27-29H,6-17H2,1-5H3,(H,37,47)(H,38,46)(H,39,43)(H,40,45)(H,35,36,41)/t21-,23-,24?,27+,28-,29-/m0/s1. The zero-order chi connectivity index (χ0) is 35.0. The van der Waals surface area contributed by atoms with Crippen LogP contribution in [0.15, 0.2) is 6.33 Å². The zero-order valence-electron chi connectivity index (χ0n) is 29.0. The first kappa shape index (κ1) is 37.0. The van der Waals surface area contributed by atoms with Crippen molar-refractivity contribution >= 4 is 35.3 Å². The molecule has 14 heteroatoms. The maximum absolute atomic E-state index is 14.2. The van der Waals surface area contributed by atoms with Crippen molar-refractivity contribution in [1.82, 2.24) is 41.3 Å². The van der Waals surface area contributed by atoms with Crippen LogP contribution in [0.25, 0.3) is 0 Å². The SMILES string of the molecule is CCCC(NC(=O)[C@@H]1[C@H]2CCC[C@H]2CN1C(=O)[C@@H](NC(=O)[C@H](NC(=O)CCCCc1nnc[nH]1)C(C)C)C(C)C)C(=O)C(=O)NC1CC1. The van der Waals surface area contributed by atoms with Crippen molar-refractivity contribution in [3.05, 3.63) is 12.2 Å². The molecule has 14 nitrogen and oxygen atoms in total. The summed E-state index contributed by atoms with van der Waals surface area (Å²) in [5.41, 5.74) is 0. The number of nitrogens with one attached hydrogen (secondary N) is 5. The van der Waals surface area contributed by atoms with Gasteiger partial charge in [-0.05, 0) is 68.6 Å². The predicted octanol–water partition coefficient (Wildman–Crippen LogP) is 1.56. The van der Waals surface area contributed by atoms with E-state index < -0.39 is 47.7 Å². The van der Waals surface area contributed by atoms with E-state index in [-0.39, 0.29) is 47.9 Å². The number of fused-ring (bicyclic) bond motifs is 1. The van der Waals surface area contributed by atoms with Crippen molar-refractivity contribution in [3.63, 3.8) is 0 Å². The molecule has 1 saturated heterocycles. The molecular formula is C34H54N8O6. The molecule has 2 heterocycles. The monoisotopic (exact) mass is 670 g/mol. The van der Waals surface area contributed by atoms with Crippen LogP contribution in [-0.2, 0) is 35.2 Å². The van der Waals surface area contributed by atoms with Crippen molar-refractivity contribution in [2.75, 3.05) is 6.54 Å². The van der Waals surface area contributed by atoms with E-state index in [1.54, 1.807) is 4.90 Å². The molecule has 3 aliphatic rings. The number of amides is 5. The average Bonchev–Trinajstić information content (AvgIpc) is 3.38. The predicted molar refractivity (Wildman–Crippen MR) is 177 cm³/mol. The molecule has 1 aliphatic heterocycles. The summed E-state index contributed by atoms with van der Waals surface area (Å²) in [5.74, 6) is -2.57. The third-order valence-corrected chi connectivity index (χ3v) is 9.82. The molecule has 0 spiro atoms. The van der Waals surface area contributed by atoms with E-state index in [0.717, 1.165) is 44.3 Å². The quantitative estimate of drug-likeness (QED) is 0.115. The summed E-state index contributed by atoms with van der Waals surface area (Å²) in [6.07, 6.45) is 8.97. The lowest BCUT2D eigenvalue weighted by atomic mass is 9.92. The Labute approximate surface area is 283 Å². The van der Waals surface area contributed by atoms with E-state index in [4.69, 9.17) is 0 Å². The number of aryl methyl sites for hydroxylation is 1. The molecule has 5 amide bonds. The largest absolute Gasteiger partial charge is 0.347 e. The molecule has 3 fully saturated rings. The minimum atomic E-state index is -0.975. The van der Waals surface area contributed by atoms with Crippen molar-refractivity contribution in [2.24, 2.45) is 23.7 Å². The Bertz CT molecular complexity index is 1300. The number of hydrogen-bond donors (Lipinski definition) is 5. The Balaban J connectivity index is 1.41. The Hall–Kier alpha value is -3.84. The van der Waals surface area contributed by atoms with Gasteiger partial charge in [0.15, 0.2) is 0 Å². The maximum atomic E-state index is 14.2. The van der Waals surface area contributed by atoms with Crippen molar-refractivity contribution in [1.29, 1.82) is 0 Å². The summed E-state index contributed by atoms with van der Waals surface area (Å²) in [5, 5.41) is 19.0. The number of aromatic amines is 1. The number of unbranched alkanes of at least 4 members (excludes halogenated alkanes) is 1. The van der Waals surface area contributed by atoms with Gasteiger partial charge in [-0.1, -0.05) is 47.5 Å². The second kappa shape index (κ2) is 17.0. The first-order valence-corrected chi connectivity index (χ1v) is 17.8. The number of hydrogen-bond acceptors (Lipinski definition) is 8. The molecule has 1 aromatic heterocycles. The smallest absolute Gasteiger partial charge is 0.289 e. The van der Waals surface area contributed by atoms with Gasteiger partial charge >= 0.3 is 0 Å². The lowest BCUT2D eigenvalue weighted by Crippen LogP contribution is -2.60. The van der Waals surface area contributed by atoms with E-state index in [0.29, 0.717) is 32.2 Å². The maximum Gasteiger partial charge on any atom is 0.289 e. The number of likely N-dealkylation sites (tertiary alicyclic amines) is 1. The van der Waals surface area contributed by atoms with E-state index in [9.17, 15) is 28.8 Å². The van der Waals surface area contributed by atoms with Crippen LogP contribution >= 0.6 is 0 Å². The normalized spacial score (nSPS) is 22.1. The summed E-state index contributed by atoms with van der Waals surface area (Å²) in [7, 11) is 0. The van der Waals surface area contributed by atoms with Gasteiger partial charge in [-0.2, -0.15) is 0 Å². The second-order valence-corrected chi connectivity index (χ2v) is 14.4. The Kier molecular flexibility index (Phi) is 13.1. The van der Waals surface area contributed by atoms with E-state index in [1.165, 1.54) is 6.33 Å². The van der Waals surface area contributed by atoms with Crippen LogP contribution in [-0.4, -0.2) is 92.2 Å². The second-order valence-electron chi connectivity index (χ2n) is 14.4. The van der Waals surface area contributed by atoms with E-state index in [1.807, 2.05) is 34.6 Å². The van der Waals surface area contributed by atoms with Crippen LogP contribution in [0.2, 0.25) is 0 Å². The van der Waals surface area contributed by atoms with Crippen molar-refractivity contribution in [2.45, 2.75) is 135 Å². The van der Waals surface area contributed by atoms with Crippen molar-refractivity contribution < 1.29 is 28.8 Å². The van der Waals surface area contributed by atoms with E-state index >= 15 is 0 Å². The summed E-state index contributed by atoms with van der Waals surface area (Å²) in [6, 6.07) is -3.54. The van der Waals surface area contributed by atoms with Gasteiger partial charge in [0.25, 0.3) is 5.91 Å². The fraction of sp³-hybridized carbons (Fsp3) is 0.765. The lowest BCUT2D eigenvalue weighted by Gasteiger charge is -2.34. The molecule has 5 N–H and O–H groups in total. The van der Waals surface area contributed by atoms with E-state index in [2.05, 4.69) is 36.4 Å². The summed E-state index contributed by atoms with van der Waals surface area (Å²) < 4.78 is 0. The number of carbonyl (C=O) groups excluding carboxylic acids is 6. The minimum absolute atomic E-state index is 0.0178. The molecule has 2 saturated carbocycles. The van der Waals surface area contributed by atoms with Crippen molar-refractivity contribution in [3.8, 4) is 0 Å². The lowest BCUT2D eigenvalue weighted by molar-refractivity contribution is -0.145. The number of ketones is 1. The first-order valence-electron chi connectivity index (χ1n) is 17.8. The number of nitrogens with zero attached hydrogens (tertiary/aromatic N) is 3. The number of carbonyl (C=O) groups is 6. The fourth-order valence-electron chi connectivity index (χ4n) is 6.97. The summed E-state index contributed by atoms with van der Waals surface area (Å²) in [6.45, 7) is 9.60. The molecule has 0 aromatic carbocycles. The molecule has 1 unspecified atom stereocenters. The highest BCUT2D eigenvalue weighted by atomic mass is 16.2. The van der Waals surface area contributed by atoms with Gasteiger partial charge in [0.05, 0.1) is 6.04 Å². The topological polar surface area (TPSA) is 195 Å². The van der Waals surface area contributed by atoms with Crippen LogP contribution in [0, 0.1) is 23.7 Å². The average molecular weight is 671 g/mol. The van der Waals surface area contributed by atoms with Gasteiger partial charge in [-0.15, -0.1) is 10.2 Å². The summed E-state index contributed by atoms with van der Waals surface area (Å²) in [4.78, 5) is 84.7. The number of H-pyrrole nitrogens is 1. The van der Waals surface area contributed by atoms with Crippen LogP contribution in [0.3, 0.4) is 0 Å². The highest BCUT2D eigenvalue weighted by molar-refractivity contribution is 6.38. The number of aromatic nitrogens is 3. The molecule has 4 rings (SSSR count). The molecule has 48 heavy (non-hydrogen) atoms. The highest BCUT2D eigenvalue weighted by Crippen LogP contribution is 2.42. The Morgan fingerprint density at radius 2 is 1.67 bits per heavy atom. The first-order chi connectivity index (χ1) is 22.9. The third-order valence-electron chi connectivity index (χ3n) is 9.82. The van der Waals surface area contributed by atoms with Gasteiger partial charge < -0.3 is 31.2 Å². The molecular weight excluding hydrogens is 616 g/mol. The molecule has 2 aliphatic carbocycles. The molecule has 0 radical (unpaired) electrons. The third kappa shape index (κ3) is 9.62. The van der Waals surface area contributed by atoms with Crippen LogP contribution < -0.4 is 21.3 Å². The highest BCUT2D eigenvalue weighted by Gasteiger charge is 2.51. The zero-order valence-corrected chi connectivity index (χ0v) is 29.0. The molecule has 1 aromatic rings. The van der Waals surface area contributed by atoms with Gasteiger partial charge in [0.1, 0.15) is 30.3 Å². The molecule has 6 atom stereocenters. The minimum Gasteiger partial charge on any atom is -0.347 e. The van der Waals surface area contributed by atoms with Crippen LogP contribution in [0.4, 0.5) is 0 Å². The van der Waals surface area contributed by atoms with Gasteiger partial charge in [-0.25, -0.2) is 0 Å². The number of Topliss-reactive ketones (excluding diaryl/α,β-unsaturated/α-hetero) is 1. The van der Waals surface area contributed by atoms with Gasteiger partial charge in [-0.3, -0.25) is 28.8 Å². The Morgan fingerprint density at radius 1 is 0.938 bits per heavy atom.